The lowest BCUT2D eigenvalue weighted by atomic mass is 9.88. The van der Waals surface area contributed by atoms with E-state index in [2.05, 4.69) is 31.4 Å². The van der Waals surface area contributed by atoms with Gasteiger partial charge in [-0.05, 0) is 35.1 Å². The molecule has 2 rings (SSSR count). The average molecular weight is 292 g/mol. The van der Waals surface area contributed by atoms with Crippen molar-refractivity contribution in [1.82, 2.24) is 5.32 Å². The summed E-state index contributed by atoms with van der Waals surface area (Å²) < 4.78 is 5.35. The number of ether oxygens (including phenoxy) is 1. The maximum atomic E-state index is 12.0. The Hall–Kier alpha value is -1.59. The van der Waals surface area contributed by atoms with Gasteiger partial charge in [0.2, 0.25) is 0 Å². The summed E-state index contributed by atoms with van der Waals surface area (Å²) in [5.74, 6) is 0. The van der Waals surface area contributed by atoms with Crippen LogP contribution in [0.25, 0.3) is 0 Å². The lowest BCUT2D eigenvalue weighted by Crippen LogP contribution is -2.42. The Bertz CT molecular complexity index is 509. The third-order valence-corrected chi connectivity index (χ3v) is 3.39. The van der Waals surface area contributed by atoms with Gasteiger partial charge in [0, 0.05) is 5.69 Å². The highest BCUT2D eigenvalue weighted by Gasteiger charge is 2.20. The van der Waals surface area contributed by atoms with Crippen LogP contribution in [-0.4, -0.2) is 23.8 Å². The summed E-state index contributed by atoms with van der Waals surface area (Å²) in [4.78, 5) is 12.0. The topological polar surface area (TPSA) is 70.6 Å². The first kappa shape index (κ1) is 15.8. The van der Waals surface area contributed by atoms with E-state index >= 15 is 0 Å². The molecular weight excluding hydrogens is 268 g/mol. The molecule has 1 aliphatic rings. The van der Waals surface area contributed by atoms with Crippen LogP contribution in [-0.2, 0) is 18.0 Å². The number of amides is 2. The molecule has 1 aromatic rings. The highest BCUT2D eigenvalue weighted by molar-refractivity contribution is 5.89. The summed E-state index contributed by atoms with van der Waals surface area (Å²) in [5, 5.41) is 15.0. The molecule has 1 aromatic carbocycles. The molecule has 0 saturated heterocycles. The number of fused-ring (bicyclic) bond motifs is 1. The highest BCUT2D eigenvalue weighted by atomic mass is 16.5. The van der Waals surface area contributed by atoms with E-state index < -0.39 is 0 Å². The second kappa shape index (κ2) is 6.45. The largest absolute Gasteiger partial charge is 0.394 e. The van der Waals surface area contributed by atoms with Gasteiger partial charge in [0.15, 0.2) is 0 Å². The summed E-state index contributed by atoms with van der Waals surface area (Å²) in [6.07, 6.45) is 0.717. The van der Waals surface area contributed by atoms with Crippen LogP contribution in [0.5, 0.6) is 0 Å². The van der Waals surface area contributed by atoms with Crippen LogP contribution < -0.4 is 10.6 Å². The molecule has 1 heterocycles. The standard InChI is InChI=1S/C16H24N2O3/c1-16(2,3)7-14(8-19)18-15(20)17-13-5-4-11-9-21-10-12(11)6-13/h4-6,14,19H,7-10H2,1-3H3,(H2,17,18,20). The van der Waals surface area contributed by atoms with E-state index in [1.807, 2.05) is 18.2 Å². The van der Waals surface area contributed by atoms with E-state index in [0.717, 1.165) is 17.7 Å². The highest BCUT2D eigenvalue weighted by Crippen LogP contribution is 2.23. The molecule has 0 aromatic heterocycles. The number of anilines is 1. The van der Waals surface area contributed by atoms with Gasteiger partial charge >= 0.3 is 6.03 Å². The predicted molar refractivity (Wildman–Crippen MR) is 82.0 cm³/mol. The van der Waals surface area contributed by atoms with Crippen molar-refractivity contribution in [2.75, 3.05) is 11.9 Å². The molecule has 1 aliphatic heterocycles. The monoisotopic (exact) mass is 292 g/mol. The van der Waals surface area contributed by atoms with Crippen molar-refractivity contribution in [3.8, 4) is 0 Å². The maximum absolute atomic E-state index is 12.0. The zero-order valence-corrected chi connectivity index (χ0v) is 12.9. The normalized spacial score (nSPS) is 15.4. The molecule has 0 radical (unpaired) electrons. The molecule has 0 spiro atoms. The molecule has 116 valence electrons. The second-order valence-electron chi connectivity index (χ2n) is 6.72. The van der Waals surface area contributed by atoms with Crippen LogP contribution in [0, 0.1) is 5.41 Å². The van der Waals surface area contributed by atoms with Gasteiger partial charge in [-0.1, -0.05) is 26.8 Å². The second-order valence-corrected chi connectivity index (χ2v) is 6.72. The Labute approximate surface area is 125 Å². The smallest absolute Gasteiger partial charge is 0.319 e. The van der Waals surface area contributed by atoms with Crippen LogP contribution in [0.1, 0.15) is 38.3 Å². The van der Waals surface area contributed by atoms with Crippen LogP contribution in [0.15, 0.2) is 18.2 Å². The van der Waals surface area contributed by atoms with Gasteiger partial charge in [-0.25, -0.2) is 4.79 Å². The Morgan fingerprint density at radius 1 is 1.33 bits per heavy atom. The molecule has 1 unspecified atom stereocenters. The predicted octanol–water partition coefficient (Wildman–Crippen LogP) is 2.64. The van der Waals surface area contributed by atoms with Crippen molar-refractivity contribution >= 4 is 11.7 Å². The minimum absolute atomic E-state index is 0.0472. The number of benzene rings is 1. The van der Waals surface area contributed by atoms with Crippen molar-refractivity contribution in [3.05, 3.63) is 29.3 Å². The minimum atomic E-state index is -0.294. The average Bonchev–Trinajstić information content (AvgIpc) is 2.83. The van der Waals surface area contributed by atoms with E-state index in [1.54, 1.807) is 0 Å². The molecule has 21 heavy (non-hydrogen) atoms. The molecule has 0 fully saturated rings. The summed E-state index contributed by atoms with van der Waals surface area (Å²) in [6, 6.07) is 5.22. The number of urea groups is 1. The van der Waals surface area contributed by atoms with Crippen molar-refractivity contribution in [2.24, 2.45) is 5.41 Å². The lowest BCUT2D eigenvalue weighted by Gasteiger charge is -2.25. The SMILES string of the molecule is CC(C)(C)CC(CO)NC(=O)Nc1ccc2c(c1)COC2. The first-order valence-electron chi connectivity index (χ1n) is 7.25. The zero-order valence-electron chi connectivity index (χ0n) is 12.9. The molecule has 5 nitrogen and oxygen atoms in total. The van der Waals surface area contributed by atoms with Crippen LogP contribution in [0.2, 0.25) is 0 Å². The van der Waals surface area contributed by atoms with Crippen molar-refractivity contribution in [1.29, 1.82) is 0 Å². The van der Waals surface area contributed by atoms with Gasteiger partial charge in [-0.2, -0.15) is 0 Å². The fraction of sp³-hybridized carbons (Fsp3) is 0.562. The van der Waals surface area contributed by atoms with Crippen molar-refractivity contribution in [2.45, 2.75) is 46.4 Å². The maximum Gasteiger partial charge on any atom is 0.319 e. The fourth-order valence-electron chi connectivity index (χ4n) is 2.50. The van der Waals surface area contributed by atoms with Gasteiger partial charge < -0.3 is 20.5 Å². The number of hydrogen-bond acceptors (Lipinski definition) is 3. The third kappa shape index (κ3) is 4.72. The molecule has 0 aliphatic carbocycles. The van der Waals surface area contributed by atoms with E-state index in [1.165, 1.54) is 5.56 Å². The van der Waals surface area contributed by atoms with E-state index in [-0.39, 0.29) is 24.1 Å². The van der Waals surface area contributed by atoms with Crippen LogP contribution in [0.4, 0.5) is 10.5 Å². The summed E-state index contributed by atoms with van der Waals surface area (Å²) in [5.41, 5.74) is 3.07. The van der Waals surface area contributed by atoms with E-state index in [0.29, 0.717) is 13.2 Å². The number of nitrogens with one attached hydrogen (secondary N) is 2. The van der Waals surface area contributed by atoms with E-state index in [9.17, 15) is 9.90 Å². The molecule has 3 N–H and O–H groups in total. The third-order valence-electron chi connectivity index (χ3n) is 3.39. The minimum Gasteiger partial charge on any atom is -0.394 e. The fourth-order valence-corrected chi connectivity index (χ4v) is 2.50. The van der Waals surface area contributed by atoms with Crippen LogP contribution in [0.3, 0.4) is 0 Å². The van der Waals surface area contributed by atoms with Crippen molar-refractivity contribution < 1.29 is 14.6 Å². The summed E-state index contributed by atoms with van der Waals surface area (Å²) in [7, 11) is 0. The number of hydrogen-bond donors (Lipinski definition) is 3. The number of carbonyl (C=O) groups is 1. The Balaban J connectivity index is 1.92. The van der Waals surface area contributed by atoms with Crippen LogP contribution >= 0.6 is 0 Å². The molecule has 2 amide bonds. The molecule has 0 saturated carbocycles. The van der Waals surface area contributed by atoms with Gasteiger partial charge in [-0.3, -0.25) is 0 Å². The quantitative estimate of drug-likeness (QED) is 0.799. The Kier molecular flexibility index (Phi) is 4.85. The molecule has 0 bridgehead atoms. The van der Waals surface area contributed by atoms with Gasteiger partial charge in [0.25, 0.3) is 0 Å². The molecule has 1 atom stereocenters. The number of aliphatic hydroxyl groups excluding tert-OH is 1. The Morgan fingerprint density at radius 2 is 2.05 bits per heavy atom. The van der Waals surface area contributed by atoms with E-state index in [4.69, 9.17) is 4.74 Å². The van der Waals surface area contributed by atoms with Gasteiger partial charge in [-0.15, -0.1) is 0 Å². The summed E-state index contributed by atoms with van der Waals surface area (Å²) >= 11 is 0. The molecule has 5 heteroatoms. The van der Waals surface area contributed by atoms with Gasteiger partial charge in [0.1, 0.15) is 0 Å². The lowest BCUT2D eigenvalue weighted by molar-refractivity contribution is 0.134. The van der Waals surface area contributed by atoms with Gasteiger partial charge in [0.05, 0.1) is 25.9 Å². The molecular formula is C16H24N2O3. The zero-order chi connectivity index (χ0) is 15.5. The Morgan fingerprint density at radius 3 is 2.71 bits per heavy atom. The number of aliphatic hydroxyl groups is 1. The first-order chi connectivity index (χ1) is 9.87. The number of carbonyl (C=O) groups excluding carboxylic acids is 1. The number of rotatable bonds is 4. The van der Waals surface area contributed by atoms with Crippen molar-refractivity contribution in [3.63, 3.8) is 0 Å². The summed E-state index contributed by atoms with van der Waals surface area (Å²) in [6.45, 7) is 7.40. The first-order valence-corrected chi connectivity index (χ1v) is 7.25.